The van der Waals surface area contributed by atoms with Crippen LogP contribution in [0.2, 0.25) is 0 Å². The van der Waals surface area contributed by atoms with Crippen LogP contribution in [0.15, 0.2) is 43.0 Å². The summed E-state index contributed by atoms with van der Waals surface area (Å²) in [5.41, 5.74) is 3.83. The molecule has 2 aliphatic rings. The van der Waals surface area contributed by atoms with Crippen LogP contribution in [0.5, 0.6) is 5.75 Å². The van der Waals surface area contributed by atoms with E-state index in [1.807, 2.05) is 22.4 Å². The molecule has 1 aromatic carbocycles. The first-order valence-electron chi connectivity index (χ1n) is 12.3. The maximum Gasteiger partial charge on any atom is 0.268 e. The lowest BCUT2D eigenvalue weighted by molar-refractivity contribution is -0.125. The third-order valence-corrected chi connectivity index (χ3v) is 6.79. The first kappa shape index (κ1) is 23.8. The number of nitrogens with zero attached hydrogens (tertiary/aromatic N) is 7. The van der Waals surface area contributed by atoms with Gasteiger partial charge in [-0.3, -0.25) is 23.9 Å². The highest BCUT2D eigenvalue weighted by Crippen LogP contribution is 2.37. The summed E-state index contributed by atoms with van der Waals surface area (Å²) in [4.78, 5) is 46.3. The number of carbonyl (C=O) groups is 2. The molecular weight excluding hydrogens is 491 g/mol. The molecule has 1 saturated heterocycles. The molecule has 1 atom stereocenters. The molecule has 2 amide bonds. The van der Waals surface area contributed by atoms with Crippen LogP contribution in [0.25, 0.3) is 16.9 Å². The van der Waals surface area contributed by atoms with Gasteiger partial charge in [-0.1, -0.05) is 6.07 Å². The van der Waals surface area contributed by atoms with E-state index >= 15 is 0 Å². The summed E-state index contributed by atoms with van der Waals surface area (Å²) < 4.78 is 21.9. The van der Waals surface area contributed by atoms with Crippen LogP contribution in [0.1, 0.15) is 24.7 Å². The molecule has 0 saturated carbocycles. The zero-order valence-corrected chi connectivity index (χ0v) is 20.9. The first-order valence-corrected chi connectivity index (χ1v) is 12.3. The second kappa shape index (κ2) is 9.36. The highest BCUT2D eigenvalue weighted by molar-refractivity contribution is 5.99. The van der Waals surface area contributed by atoms with Gasteiger partial charge in [-0.2, -0.15) is 0 Å². The molecule has 0 radical (unpaired) electrons. The van der Waals surface area contributed by atoms with Crippen molar-refractivity contribution in [3.8, 4) is 17.0 Å². The normalized spacial score (nSPS) is 17.7. The van der Waals surface area contributed by atoms with E-state index in [-0.39, 0.29) is 24.1 Å². The smallest absolute Gasteiger partial charge is 0.268 e. The number of ether oxygens (including phenoxy) is 1. The number of benzene rings is 1. The average molecular weight is 517 g/mol. The van der Waals surface area contributed by atoms with Crippen LogP contribution in [-0.4, -0.2) is 61.9 Å². The van der Waals surface area contributed by atoms with Crippen molar-refractivity contribution in [2.24, 2.45) is 0 Å². The summed E-state index contributed by atoms with van der Waals surface area (Å²) >= 11 is 0. The van der Waals surface area contributed by atoms with Crippen LogP contribution in [0.4, 0.5) is 16.0 Å². The molecule has 38 heavy (non-hydrogen) atoms. The summed E-state index contributed by atoms with van der Waals surface area (Å²) in [6.45, 7) is 5.39. The van der Waals surface area contributed by atoms with Crippen LogP contribution >= 0.6 is 0 Å². The number of carbonyl (C=O) groups excluding carboxylic acids is 2. The molecule has 0 bridgehead atoms. The lowest BCUT2D eigenvalue weighted by atomic mass is 10.1. The number of amides is 2. The number of rotatable bonds is 4. The number of aryl methyl sites for hydroxylation is 1. The van der Waals surface area contributed by atoms with Gasteiger partial charge in [0.2, 0.25) is 11.9 Å². The van der Waals surface area contributed by atoms with E-state index in [0.29, 0.717) is 54.6 Å². The molecule has 6 rings (SSSR count). The van der Waals surface area contributed by atoms with E-state index in [4.69, 9.17) is 4.74 Å². The van der Waals surface area contributed by atoms with Gasteiger partial charge in [-0.15, -0.1) is 0 Å². The Labute approximate surface area is 217 Å². The molecule has 1 fully saturated rings. The molecule has 11 nitrogen and oxygen atoms in total. The number of hydrogen-bond acceptors (Lipinski definition) is 8. The molecular formula is C26H25FN8O3. The van der Waals surface area contributed by atoms with Gasteiger partial charge >= 0.3 is 0 Å². The van der Waals surface area contributed by atoms with Crippen molar-refractivity contribution in [3.05, 3.63) is 60.2 Å². The third kappa shape index (κ3) is 4.17. The molecule has 5 heterocycles. The summed E-state index contributed by atoms with van der Waals surface area (Å²) in [5, 5.41) is 2.84. The number of halogens is 1. The van der Waals surface area contributed by atoms with Gasteiger partial charge in [0.25, 0.3) is 5.91 Å². The highest BCUT2D eigenvalue weighted by atomic mass is 19.1. The first-order chi connectivity index (χ1) is 18.4. The molecule has 0 spiro atoms. The SMILES string of the molecule is Cc1nc2cnc(-c3cnc(N4CCNC(=O)CC4)nc3)cn2c1CN1C(=O)[C@@H](C)Oc2c(F)cccc21. The molecule has 0 aliphatic carbocycles. The number of nitrogens with one attached hydrogen (secondary N) is 1. The lowest BCUT2D eigenvalue weighted by Crippen LogP contribution is -2.44. The van der Waals surface area contributed by atoms with Gasteiger partial charge in [-0.05, 0) is 26.0 Å². The number of hydrogen-bond donors (Lipinski definition) is 1. The van der Waals surface area contributed by atoms with Crippen molar-refractivity contribution < 1.29 is 18.7 Å². The summed E-state index contributed by atoms with van der Waals surface area (Å²) in [6.07, 6.45) is 6.47. The summed E-state index contributed by atoms with van der Waals surface area (Å²) in [7, 11) is 0. The Morgan fingerprint density at radius 3 is 2.76 bits per heavy atom. The van der Waals surface area contributed by atoms with Crippen LogP contribution < -0.4 is 19.9 Å². The standard InChI is InChI=1S/C26H25FN8O3/c1-15-21(14-35-20-5-3-4-18(27)24(20)38-16(2)25(35)37)34-13-19(29-12-22(34)32-15)17-10-30-26(31-11-17)33-8-6-23(36)28-7-9-33/h3-5,10-13,16H,6-9,14H2,1-2H3,(H,28,36)/t16-/m1/s1. The number of imidazole rings is 1. The Balaban J connectivity index is 1.32. The van der Waals surface area contributed by atoms with Gasteiger partial charge in [0.05, 0.1) is 35.5 Å². The maximum absolute atomic E-state index is 14.5. The van der Waals surface area contributed by atoms with Gasteiger partial charge in [0.15, 0.2) is 23.3 Å². The monoisotopic (exact) mass is 516 g/mol. The second-order valence-electron chi connectivity index (χ2n) is 9.28. The van der Waals surface area contributed by atoms with Crippen LogP contribution in [0, 0.1) is 12.7 Å². The minimum absolute atomic E-state index is 0.0231. The Hall–Kier alpha value is -4.61. The van der Waals surface area contributed by atoms with Gasteiger partial charge in [-0.25, -0.2) is 19.3 Å². The van der Waals surface area contributed by atoms with Crippen molar-refractivity contribution in [1.82, 2.24) is 29.7 Å². The fraction of sp³-hybridized carbons (Fsp3) is 0.308. The number of aromatic nitrogens is 5. The predicted octanol–water partition coefficient (Wildman–Crippen LogP) is 2.27. The van der Waals surface area contributed by atoms with E-state index < -0.39 is 11.9 Å². The molecule has 12 heteroatoms. The Kier molecular flexibility index (Phi) is 5.86. The highest BCUT2D eigenvalue weighted by Gasteiger charge is 2.34. The van der Waals surface area contributed by atoms with Crippen LogP contribution in [0.3, 0.4) is 0 Å². The fourth-order valence-corrected chi connectivity index (χ4v) is 4.75. The lowest BCUT2D eigenvalue weighted by Gasteiger charge is -2.33. The minimum atomic E-state index is -0.815. The fourth-order valence-electron chi connectivity index (χ4n) is 4.75. The predicted molar refractivity (Wildman–Crippen MR) is 136 cm³/mol. The van der Waals surface area contributed by atoms with Gasteiger partial charge < -0.3 is 15.0 Å². The van der Waals surface area contributed by atoms with Gasteiger partial charge in [0.1, 0.15) is 0 Å². The van der Waals surface area contributed by atoms with E-state index in [9.17, 15) is 14.0 Å². The van der Waals surface area contributed by atoms with Crippen molar-refractivity contribution >= 4 is 29.1 Å². The van der Waals surface area contributed by atoms with Crippen molar-refractivity contribution in [2.75, 3.05) is 29.4 Å². The van der Waals surface area contributed by atoms with Crippen LogP contribution in [-0.2, 0) is 16.1 Å². The largest absolute Gasteiger partial charge is 0.476 e. The van der Waals surface area contributed by atoms with E-state index in [1.54, 1.807) is 37.6 Å². The zero-order valence-electron chi connectivity index (χ0n) is 20.9. The van der Waals surface area contributed by atoms with Crippen molar-refractivity contribution in [2.45, 2.75) is 32.9 Å². The van der Waals surface area contributed by atoms with Crippen molar-refractivity contribution in [3.63, 3.8) is 0 Å². The summed E-state index contributed by atoms with van der Waals surface area (Å²) in [5.74, 6) is -0.137. The average Bonchev–Trinajstić information content (AvgIpc) is 3.06. The Morgan fingerprint density at radius 2 is 1.95 bits per heavy atom. The minimum Gasteiger partial charge on any atom is -0.476 e. The molecule has 1 N–H and O–H groups in total. The molecule has 0 unspecified atom stereocenters. The third-order valence-electron chi connectivity index (χ3n) is 6.79. The maximum atomic E-state index is 14.5. The van der Waals surface area contributed by atoms with E-state index in [0.717, 1.165) is 11.4 Å². The Bertz CT molecular complexity index is 1550. The number of anilines is 2. The molecule has 194 valence electrons. The van der Waals surface area contributed by atoms with Gasteiger partial charge in [0, 0.05) is 50.2 Å². The van der Waals surface area contributed by atoms with Crippen molar-refractivity contribution in [1.29, 1.82) is 0 Å². The molecule has 4 aromatic rings. The molecule has 2 aliphatic heterocycles. The molecule has 3 aromatic heterocycles. The van der Waals surface area contributed by atoms with E-state index in [2.05, 4.69) is 25.3 Å². The summed E-state index contributed by atoms with van der Waals surface area (Å²) in [6, 6.07) is 4.54. The van der Waals surface area contributed by atoms with E-state index in [1.165, 1.54) is 11.0 Å². The number of para-hydroxylation sites is 1. The number of fused-ring (bicyclic) bond motifs is 2. The quantitative estimate of drug-likeness (QED) is 0.439. The Morgan fingerprint density at radius 1 is 1.13 bits per heavy atom. The second-order valence-corrected chi connectivity index (χ2v) is 9.28. The zero-order chi connectivity index (χ0) is 26.4. The topological polar surface area (TPSA) is 118 Å².